The molecule has 0 aromatic carbocycles. The van der Waals surface area contributed by atoms with E-state index in [2.05, 4.69) is 20.2 Å². The maximum absolute atomic E-state index is 13.0. The molecule has 5 fully saturated rings. The molecule has 2 aromatic heterocycles. The summed E-state index contributed by atoms with van der Waals surface area (Å²) in [7, 11) is 0. The van der Waals surface area contributed by atoms with Gasteiger partial charge in [0, 0.05) is 61.1 Å². The lowest BCUT2D eigenvalue weighted by Crippen LogP contribution is -2.69. The van der Waals surface area contributed by atoms with Gasteiger partial charge >= 0.3 is 12.2 Å². The Morgan fingerprint density at radius 3 is 2.30 bits per heavy atom. The number of aromatic amines is 1. The maximum Gasteiger partial charge on any atom is 0.451 e. The molecular weight excluding hydrogens is 487 g/mol. The first-order chi connectivity index (χ1) is 17.7. The van der Waals surface area contributed by atoms with Crippen LogP contribution in [-0.2, 0) is 6.18 Å². The van der Waals surface area contributed by atoms with Crippen molar-refractivity contribution in [2.75, 3.05) is 26.2 Å². The van der Waals surface area contributed by atoms with Crippen LogP contribution in [0.25, 0.3) is 0 Å². The van der Waals surface area contributed by atoms with E-state index in [9.17, 15) is 18.0 Å². The number of halogens is 3. The van der Waals surface area contributed by atoms with E-state index in [1.54, 1.807) is 0 Å². The Hall–Kier alpha value is -2.92. The molecule has 0 unspecified atom stereocenters. The van der Waals surface area contributed by atoms with E-state index in [1.165, 1.54) is 18.9 Å². The molecule has 2 amide bonds. The molecule has 2 spiro atoms. The fraction of sp³-hybridized carbons (Fsp3) is 0.720. The van der Waals surface area contributed by atoms with Gasteiger partial charge < -0.3 is 14.5 Å². The minimum absolute atomic E-state index is 0.0370. The van der Waals surface area contributed by atoms with E-state index < -0.39 is 12.0 Å². The predicted octanol–water partition coefficient (Wildman–Crippen LogP) is 4.11. The van der Waals surface area contributed by atoms with Crippen LogP contribution in [0.3, 0.4) is 0 Å². The summed E-state index contributed by atoms with van der Waals surface area (Å²) in [4.78, 5) is 28.4. The number of nitrogens with zero attached hydrogens (tertiary/aromatic N) is 6. The molecule has 2 saturated heterocycles. The first kappa shape index (κ1) is 23.2. The van der Waals surface area contributed by atoms with Crippen LogP contribution in [-0.4, -0.2) is 73.3 Å². The van der Waals surface area contributed by atoms with E-state index >= 15 is 0 Å². The fourth-order valence-corrected chi connectivity index (χ4v) is 6.79. The van der Waals surface area contributed by atoms with Crippen molar-refractivity contribution in [3.05, 3.63) is 29.7 Å². The van der Waals surface area contributed by atoms with Crippen molar-refractivity contribution in [3.8, 4) is 5.88 Å². The normalized spacial score (nSPS) is 25.1. The molecule has 5 aliphatic rings. The molecule has 7 rings (SSSR count). The topological polar surface area (TPSA) is 100 Å². The quantitative estimate of drug-likeness (QED) is 0.655. The predicted molar refractivity (Wildman–Crippen MR) is 124 cm³/mol. The lowest BCUT2D eigenvalue weighted by Gasteiger charge is -2.61. The van der Waals surface area contributed by atoms with Crippen molar-refractivity contribution < 1.29 is 22.7 Å². The number of aromatic nitrogens is 5. The summed E-state index contributed by atoms with van der Waals surface area (Å²) in [6.45, 7) is 3.13. The van der Waals surface area contributed by atoms with Crippen molar-refractivity contribution >= 4 is 6.03 Å². The first-order valence-electron chi connectivity index (χ1n) is 13.2. The van der Waals surface area contributed by atoms with Crippen LogP contribution < -0.4 is 4.74 Å². The van der Waals surface area contributed by atoms with Gasteiger partial charge in [-0.25, -0.2) is 14.8 Å². The number of ether oxygens (including phenoxy) is 1. The molecule has 4 heterocycles. The minimum Gasteiger partial charge on any atom is -0.474 e. The molecule has 2 aliphatic heterocycles. The summed E-state index contributed by atoms with van der Waals surface area (Å²) < 4.78 is 44.3. The zero-order valence-corrected chi connectivity index (χ0v) is 20.5. The second kappa shape index (κ2) is 8.04. The summed E-state index contributed by atoms with van der Waals surface area (Å²) in [5.74, 6) is 1.76. The highest BCUT2D eigenvalue weighted by Gasteiger charge is 2.57. The molecule has 198 valence electrons. The number of nitrogens with one attached hydrogen (secondary N) is 1. The highest BCUT2D eigenvalue weighted by atomic mass is 19.4. The van der Waals surface area contributed by atoms with Crippen molar-refractivity contribution in [1.29, 1.82) is 0 Å². The third kappa shape index (κ3) is 4.21. The van der Waals surface area contributed by atoms with Gasteiger partial charge in [-0.05, 0) is 51.4 Å². The van der Waals surface area contributed by atoms with Crippen molar-refractivity contribution in [2.45, 2.75) is 75.5 Å². The molecular formula is C25H30F3N7O2. The Balaban J connectivity index is 0.849. The Bertz CT molecular complexity index is 1180. The standard InChI is InChI=1S/C25H30F3N7O2/c26-25(27,28)21-29-8-5-18(30-21)37-17-3-6-23(7-4-17)11-34(12-23)22(36)35-13-24(14-35)9-16(10-24)20-31-19(32-33-20)15-1-2-15/h5,8,15-17H,1-4,6-7,9-14H2,(H,31,32,33). The van der Waals surface area contributed by atoms with E-state index in [1.807, 2.05) is 9.80 Å². The van der Waals surface area contributed by atoms with Gasteiger partial charge in [-0.15, -0.1) is 0 Å². The largest absolute Gasteiger partial charge is 0.474 e. The lowest BCUT2D eigenvalue weighted by atomic mass is 9.57. The van der Waals surface area contributed by atoms with Gasteiger partial charge in [-0.1, -0.05) is 0 Å². The summed E-state index contributed by atoms with van der Waals surface area (Å²) >= 11 is 0. The van der Waals surface area contributed by atoms with Crippen LogP contribution in [0.1, 0.15) is 80.7 Å². The number of urea groups is 1. The molecule has 0 radical (unpaired) electrons. The molecule has 9 nitrogen and oxygen atoms in total. The van der Waals surface area contributed by atoms with Gasteiger partial charge in [0.25, 0.3) is 0 Å². The van der Waals surface area contributed by atoms with Gasteiger partial charge in [0.15, 0.2) is 5.82 Å². The SMILES string of the molecule is O=C(N1CC2(CCC(Oc3ccnc(C(F)(F)F)n3)CC2)C1)N1CC2(CC(c3n[nH]c(C4CC4)n3)C2)C1. The van der Waals surface area contributed by atoms with Crippen molar-refractivity contribution in [3.63, 3.8) is 0 Å². The van der Waals surface area contributed by atoms with Gasteiger partial charge in [0.2, 0.25) is 11.7 Å². The smallest absolute Gasteiger partial charge is 0.451 e. The number of alkyl halides is 3. The summed E-state index contributed by atoms with van der Waals surface area (Å²) in [5.41, 5.74) is 0.346. The number of H-pyrrole nitrogens is 1. The van der Waals surface area contributed by atoms with Gasteiger partial charge in [0.05, 0.1) is 0 Å². The minimum atomic E-state index is -4.59. The fourth-order valence-electron chi connectivity index (χ4n) is 6.79. The molecule has 0 bridgehead atoms. The summed E-state index contributed by atoms with van der Waals surface area (Å²) in [5, 5.41) is 7.53. The van der Waals surface area contributed by atoms with Crippen molar-refractivity contribution in [1.82, 2.24) is 34.9 Å². The van der Waals surface area contributed by atoms with E-state index in [0.717, 1.165) is 82.5 Å². The van der Waals surface area contributed by atoms with E-state index in [-0.39, 0.29) is 28.8 Å². The van der Waals surface area contributed by atoms with E-state index in [4.69, 9.17) is 9.72 Å². The third-order valence-electron chi connectivity index (χ3n) is 9.02. The van der Waals surface area contributed by atoms with Crippen molar-refractivity contribution in [2.24, 2.45) is 10.8 Å². The number of hydrogen-bond acceptors (Lipinski definition) is 6. The zero-order chi connectivity index (χ0) is 25.4. The van der Waals surface area contributed by atoms with Crippen LogP contribution in [0.5, 0.6) is 5.88 Å². The molecule has 1 N–H and O–H groups in total. The zero-order valence-electron chi connectivity index (χ0n) is 20.5. The summed E-state index contributed by atoms with van der Waals surface area (Å²) in [6.07, 6.45) is 4.12. The van der Waals surface area contributed by atoms with Gasteiger partial charge in [0.1, 0.15) is 11.9 Å². The number of carbonyl (C=O) groups excluding carboxylic acids is 1. The number of likely N-dealkylation sites (tertiary alicyclic amines) is 2. The second-order valence-corrected chi connectivity index (χ2v) is 12.0. The van der Waals surface area contributed by atoms with Gasteiger partial charge in [-0.2, -0.15) is 23.3 Å². The number of carbonyl (C=O) groups is 1. The Kier molecular flexibility index (Phi) is 5.04. The second-order valence-electron chi connectivity index (χ2n) is 12.0. The first-order valence-corrected chi connectivity index (χ1v) is 13.2. The summed E-state index contributed by atoms with van der Waals surface area (Å²) in [6, 6.07) is 1.50. The number of amides is 2. The molecule has 0 atom stereocenters. The van der Waals surface area contributed by atoms with Crippen LogP contribution >= 0.6 is 0 Å². The molecule has 3 aliphatic carbocycles. The molecule has 37 heavy (non-hydrogen) atoms. The number of rotatable bonds is 4. The number of hydrogen-bond donors (Lipinski definition) is 1. The monoisotopic (exact) mass is 517 g/mol. The Labute approximate surface area is 212 Å². The van der Waals surface area contributed by atoms with Crippen LogP contribution in [0.15, 0.2) is 12.3 Å². The maximum atomic E-state index is 13.0. The Morgan fingerprint density at radius 2 is 1.65 bits per heavy atom. The highest BCUT2D eigenvalue weighted by Crippen LogP contribution is 2.56. The highest BCUT2D eigenvalue weighted by molar-refractivity contribution is 5.76. The van der Waals surface area contributed by atoms with Crippen LogP contribution in [0.2, 0.25) is 0 Å². The Morgan fingerprint density at radius 1 is 0.973 bits per heavy atom. The molecule has 12 heteroatoms. The van der Waals surface area contributed by atoms with Gasteiger partial charge in [-0.3, -0.25) is 5.10 Å². The lowest BCUT2D eigenvalue weighted by molar-refractivity contribution is -0.145. The molecule has 3 saturated carbocycles. The van der Waals surface area contributed by atoms with Crippen LogP contribution in [0, 0.1) is 10.8 Å². The van der Waals surface area contributed by atoms with Crippen LogP contribution in [0.4, 0.5) is 18.0 Å². The average molecular weight is 518 g/mol. The molecule has 2 aromatic rings. The third-order valence-corrected chi connectivity index (χ3v) is 9.02. The average Bonchev–Trinajstić information content (AvgIpc) is 3.53. The van der Waals surface area contributed by atoms with E-state index in [0.29, 0.717) is 11.8 Å².